The van der Waals surface area contributed by atoms with Crippen molar-refractivity contribution in [2.24, 2.45) is 5.92 Å². The highest BCUT2D eigenvalue weighted by atomic mass is 35.5. The maximum absolute atomic E-state index is 11.9. The van der Waals surface area contributed by atoms with Crippen LogP contribution in [-0.4, -0.2) is 23.7 Å². The highest BCUT2D eigenvalue weighted by Crippen LogP contribution is 2.22. The van der Waals surface area contributed by atoms with Gasteiger partial charge in [-0.3, -0.25) is 4.79 Å². The molecule has 2 unspecified atom stereocenters. The molecule has 0 saturated heterocycles. The first-order chi connectivity index (χ1) is 7.97. The largest absolute Gasteiger partial charge is 0.397 e. The third-order valence-corrected chi connectivity index (χ3v) is 3.13. The van der Waals surface area contributed by atoms with Gasteiger partial charge in [0.2, 0.25) is 0 Å². The molecule has 1 rings (SSSR count). The Morgan fingerprint density at radius 1 is 1.53 bits per heavy atom. The minimum atomic E-state index is -0.280. The Kier molecular flexibility index (Phi) is 4.78. The second-order valence-electron chi connectivity index (χ2n) is 4.12. The smallest absolute Gasteiger partial charge is 0.253 e. The zero-order valence-electron chi connectivity index (χ0n) is 9.90. The lowest BCUT2D eigenvalue weighted by atomic mass is 10.0. The van der Waals surface area contributed by atoms with Crippen molar-refractivity contribution in [1.29, 1.82) is 0 Å². The lowest BCUT2D eigenvalue weighted by molar-refractivity contribution is 0.0917. The number of para-hydroxylation sites is 1. The molecule has 17 heavy (non-hydrogen) atoms. The normalized spacial score (nSPS) is 14.1. The molecule has 0 heterocycles. The van der Waals surface area contributed by atoms with Crippen molar-refractivity contribution in [3.05, 3.63) is 28.8 Å². The van der Waals surface area contributed by atoms with Crippen LogP contribution in [0.1, 0.15) is 24.2 Å². The summed E-state index contributed by atoms with van der Waals surface area (Å²) in [6, 6.07) is 4.79. The van der Waals surface area contributed by atoms with E-state index in [9.17, 15) is 4.79 Å². The van der Waals surface area contributed by atoms with E-state index < -0.39 is 0 Å². The molecule has 0 aliphatic carbocycles. The number of halogens is 1. The van der Waals surface area contributed by atoms with Crippen LogP contribution in [-0.2, 0) is 0 Å². The zero-order chi connectivity index (χ0) is 13.0. The molecule has 0 aliphatic heterocycles. The molecule has 0 spiro atoms. The summed E-state index contributed by atoms with van der Waals surface area (Å²) in [5, 5.41) is 12.1. The first-order valence-electron chi connectivity index (χ1n) is 5.43. The van der Waals surface area contributed by atoms with Gasteiger partial charge >= 0.3 is 0 Å². The standard InChI is InChI=1S/C12H17ClN2O2/c1-7(6-16)8(2)15-12(17)9-4-3-5-10(13)11(9)14/h3-5,7-8,16H,6,14H2,1-2H3,(H,15,17). The Morgan fingerprint density at radius 2 is 2.18 bits per heavy atom. The van der Waals surface area contributed by atoms with Gasteiger partial charge in [0.25, 0.3) is 5.91 Å². The number of rotatable bonds is 4. The summed E-state index contributed by atoms with van der Waals surface area (Å²) in [5.41, 5.74) is 6.36. The monoisotopic (exact) mass is 256 g/mol. The Bertz CT molecular complexity index is 409. The molecule has 0 bridgehead atoms. The van der Waals surface area contributed by atoms with Crippen LogP contribution in [0, 0.1) is 5.92 Å². The van der Waals surface area contributed by atoms with Gasteiger partial charge in [-0.1, -0.05) is 24.6 Å². The highest BCUT2D eigenvalue weighted by molar-refractivity contribution is 6.33. The number of aliphatic hydroxyl groups excluding tert-OH is 1. The molecule has 2 atom stereocenters. The van der Waals surface area contributed by atoms with Crippen molar-refractivity contribution < 1.29 is 9.90 Å². The van der Waals surface area contributed by atoms with E-state index in [2.05, 4.69) is 5.32 Å². The molecule has 0 fully saturated rings. The molecule has 4 N–H and O–H groups in total. The third kappa shape index (κ3) is 3.35. The van der Waals surface area contributed by atoms with Gasteiger partial charge in [-0.25, -0.2) is 0 Å². The first kappa shape index (κ1) is 13.8. The Morgan fingerprint density at radius 3 is 2.76 bits per heavy atom. The van der Waals surface area contributed by atoms with Gasteiger partial charge in [-0.05, 0) is 25.0 Å². The summed E-state index contributed by atoms with van der Waals surface area (Å²) in [7, 11) is 0. The van der Waals surface area contributed by atoms with E-state index in [-0.39, 0.29) is 30.2 Å². The second kappa shape index (κ2) is 5.89. The van der Waals surface area contributed by atoms with E-state index in [4.69, 9.17) is 22.4 Å². The number of nitrogens with one attached hydrogen (secondary N) is 1. The van der Waals surface area contributed by atoms with Gasteiger partial charge in [0, 0.05) is 12.6 Å². The Labute approximate surface area is 106 Å². The molecular weight excluding hydrogens is 240 g/mol. The maximum Gasteiger partial charge on any atom is 0.253 e. The minimum absolute atomic E-state index is 0.0145. The van der Waals surface area contributed by atoms with Gasteiger partial charge in [0.05, 0.1) is 16.3 Å². The van der Waals surface area contributed by atoms with Crippen molar-refractivity contribution in [2.45, 2.75) is 19.9 Å². The fourth-order valence-electron chi connectivity index (χ4n) is 1.32. The number of carbonyl (C=O) groups excluding carboxylic acids is 1. The van der Waals surface area contributed by atoms with Crippen LogP contribution in [0.4, 0.5) is 5.69 Å². The quantitative estimate of drug-likeness (QED) is 0.718. The number of benzene rings is 1. The van der Waals surface area contributed by atoms with E-state index >= 15 is 0 Å². The SMILES string of the molecule is CC(CO)C(C)NC(=O)c1cccc(Cl)c1N. The molecule has 0 aliphatic rings. The van der Waals surface area contributed by atoms with Gasteiger partial charge < -0.3 is 16.2 Å². The van der Waals surface area contributed by atoms with Crippen molar-refractivity contribution >= 4 is 23.2 Å². The van der Waals surface area contributed by atoms with E-state index in [1.807, 2.05) is 13.8 Å². The average Bonchev–Trinajstić information content (AvgIpc) is 2.31. The molecule has 1 amide bonds. The number of hydrogen-bond donors (Lipinski definition) is 3. The Balaban J connectivity index is 2.80. The first-order valence-corrected chi connectivity index (χ1v) is 5.80. The van der Waals surface area contributed by atoms with Crippen LogP contribution in [0.5, 0.6) is 0 Å². The van der Waals surface area contributed by atoms with Gasteiger partial charge in [-0.2, -0.15) is 0 Å². The molecule has 1 aromatic rings. The fraction of sp³-hybridized carbons (Fsp3) is 0.417. The molecule has 1 aromatic carbocycles. The second-order valence-corrected chi connectivity index (χ2v) is 4.53. The van der Waals surface area contributed by atoms with E-state index in [0.717, 1.165) is 0 Å². The van der Waals surface area contributed by atoms with Gasteiger partial charge in [0.15, 0.2) is 0 Å². The number of hydrogen-bond acceptors (Lipinski definition) is 3. The number of aliphatic hydroxyl groups is 1. The molecular formula is C12H17ClN2O2. The predicted octanol–water partition coefficient (Wildman–Crippen LogP) is 1.67. The summed E-state index contributed by atoms with van der Waals surface area (Å²) >= 11 is 5.84. The number of anilines is 1. The number of carbonyl (C=O) groups is 1. The Hall–Kier alpha value is -1.26. The summed E-state index contributed by atoms with van der Waals surface area (Å²) in [6.07, 6.45) is 0. The van der Waals surface area contributed by atoms with Crippen molar-refractivity contribution in [3.63, 3.8) is 0 Å². The van der Waals surface area contributed by atoms with E-state index in [0.29, 0.717) is 10.6 Å². The van der Waals surface area contributed by atoms with Gasteiger partial charge in [0.1, 0.15) is 0 Å². The number of amides is 1. The van der Waals surface area contributed by atoms with Crippen molar-refractivity contribution in [2.75, 3.05) is 12.3 Å². The molecule has 94 valence electrons. The van der Waals surface area contributed by atoms with Crippen LogP contribution in [0.25, 0.3) is 0 Å². The third-order valence-electron chi connectivity index (χ3n) is 2.80. The van der Waals surface area contributed by atoms with Crippen molar-refractivity contribution in [3.8, 4) is 0 Å². The molecule has 4 nitrogen and oxygen atoms in total. The lowest BCUT2D eigenvalue weighted by Crippen LogP contribution is -2.38. The summed E-state index contributed by atoms with van der Waals surface area (Å²) in [5.74, 6) is -0.294. The van der Waals surface area contributed by atoms with E-state index in [1.165, 1.54) is 0 Å². The summed E-state index contributed by atoms with van der Waals surface area (Å²) in [6.45, 7) is 3.71. The predicted molar refractivity (Wildman–Crippen MR) is 69.0 cm³/mol. The lowest BCUT2D eigenvalue weighted by Gasteiger charge is -2.19. The van der Waals surface area contributed by atoms with Crippen LogP contribution in [0.3, 0.4) is 0 Å². The number of nitrogens with two attached hydrogens (primary N) is 1. The van der Waals surface area contributed by atoms with Gasteiger partial charge in [-0.15, -0.1) is 0 Å². The van der Waals surface area contributed by atoms with E-state index in [1.54, 1.807) is 18.2 Å². The average molecular weight is 257 g/mol. The molecule has 0 radical (unpaired) electrons. The maximum atomic E-state index is 11.9. The van der Waals surface area contributed by atoms with Crippen LogP contribution in [0.15, 0.2) is 18.2 Å². The summed E-state index contributed by atoms with van der Waals surface area (Å²) < 4.78 is 0. The van der Waals surface area contributed by atoms with Crippen LogP contribution in [0.2, 0.25) is 5.02 Å². The fourth-order valence-corrected chi connectivity index (χ4v) is 1.49. The van der Waals surface area contributed by atoms with Crippen LogP contribution < -0.4 is 11.1 Å². The summed E-state index contributed by atoms with van der Waals surface area (Å²) in [4.78, 5) is 11.9. The van der Waals surface area contributed by atoms with Crippen molar-refractivity contribution in [1.82, 2.24) is 5.32 Å². The van der Waals surface area contributed by atoms with Crippen LogP contribution >= 0.6 is 11.6 Å². The minimum Gasteiger partial charge on any atom is -0.397 e. The molecule has 5 heteroatoms. The highest BCUT2D eigenvalue weighted by Gasteiger charge is 2.17. The molecule has 0 saturated carbocycles. The zero-order valence-corrected chi connectivity index (χ0v) is 10.7. The molecule has 0 aromatic heterocycles. The number of nitrogen functional groups attached to an aromatic ring is 1. The topological polar surface area (TPSA) is 75.3 Å².